The van der Waals surface area contributed by atoms with E-state index in [-0.39, 0.29) is 33.7 Å². The summed E-state index contributed by atoms with van der Waals surface area (Å²) < 4.78 is 5.35. The fourth-order valence-electron chi connectivity index (χ4n) is 6.13. The molecule has 39 heavy (non-hydrogen) atoms. The van der Waals surface area contributed by atoms with Gasteiger partial charge in [0.1, 0.15) is 17.2 Å². The molecule has 3 fully saturated rings. The Morgan fingerprint density at radius 2 is 1.59 bits per heavy atom. The van der Waals surface area contributed by atoms with E-state index >= 15 is 0 Å². The summed E-state index contributed by atoms with van der Waals surface area (Å²) in [5.74, 6) is -2.97. The smallest absolute Gasteiger partial charge is 0.353 e. The number of hydrogen-bond acceptors (Lipinski definition) is 7. The third-order valence-corrected chi connectivity index (χ3v) is 9.07. The minimum atomic E-state index is -0.704. The highest BCUT2D eigenvalue weighted by Crippen LogP contribution is 2.56. The lowest BCUT2D eigenvalue weighted by atomic mass is 9.81. The molecule has 198 valence electrons. The van der Waals surface area contributed by atoms with Crippen LogP contribution in [-0.4, -0.2) is 46.0 Å². The molecule has 2 aliphatic carbocycles. The highest BCUT2D eigenvalue weighted by atomic mass is 35.5. The number of hydrogen-bond donors (Lipinski definition) is 0. The molecule has 1 aromatic heterocycles. The third-order valence-electron chi connectivity index (χ3n) is 7.89. The maximum absolute atomic E-state index is 13.7. The lowest BCUT2D eigenvalue weighted by Gasteiger charge is -2.31. The van der Waals surface area contributed by atoms with Crippen LogP contribution in [0.3, 0.4) is 0 Å². The number of benzene rings is 2. The van der Waals surface area contributed by atoms with Crippen molar-refractivity contribution in [2.75, 3.05) is 6.54 Å². The van der Waals surface area contributed by atoms with Gasteiger partial charge in [-0.2, -0.15) is 5.01 Å². The molecule has 0 spiro atoms. The number of fused-ring (bicyclic) bond motifs is 5. The fraction of sp³-hybridized carbons (Fsp3) is 0.276. The summed E-state index contributed by atoms with van der Waals surface area (Å²) in [6, 6.07) is 15.6. The van der Waals surface area contributed by atoms with Crippen LogP contribution in [0.5, 0.6) is 5.75 Å². The zero-order valence-corrected chi connectivity index (χ0v) is 22.2. The molecule has 1 saturated heterocycles. The molecule has 3 aromatic rings. The highest BCUT2D eigenvalue weighted by molar-refractivity contribution is 7.12. The predicted octanol–water partition coefficient (Wildman–Crippen LogP) is 4.89. The quantitative estimate of drug-likeness (QED) is 0.176. The molecule has 2 heterocycles. The van der Waals surface area contributed by atoms with E-state index < -0.39 is 47.9 Å². The topological polar surface area (TPSA) is 101 Å². The van der Waals surface area contributed by atoms with Crippen molar-refractivity contribution >= 4 is 52.4 Å². The van der Waals surface area contributed by atoms with Gasteiger partial charge in [-0.3, -0.25) is 19.2 Å². The Morgan fingerprint density at radius 3 is 2.21 bits per heavy atom. The number of Topliss-reactive ketones (excluding diaryl/α,β-unsaturated/α-hetero) is 1. The first-order valence-corrected chi connectivity index (χ1v) is 13.9. The maximum atomic E-state index is 13.7. The van der Waals surface area contributed by atoms with E-state index in [0.717, 1.165) is 29.3 Å². The van der Waals surface area contributed by atoms with Gasteiger partial charge in [-0.1, -0.05) is 29.8 Å². The molecule has 6 rings (SSSR count). The highest BCUT2D eigenvalue weighted by Gasteiger charge is 2.62. The van der Waals surface area contributed by atoms with Crippen LogP contribution in [0.4, 0.5) is 0 Å². The number of amides is 3. The van der Waals surface area contributed by atoms with Crippen LogP contribution in [0.1, 0.15) is 49.7 Å². The molecule has 0 unspecified atom stereocenters. The second-order valence-corrected chi connectivity index (χ2v) is 11.4. The van der Waals surface area contributed by atoms with Gasteiger partial charge >= 0.3 is 5.97 Å². The van der Waals surface area contributed by atoms with Gasteiger partial charge < -0.3 is 4.74 Å². The first-order chi connectivity index (χ1) is 18.8. The molecule has 10 heteroatoms. The van der Waals surface area contributed by atoms with Gasteiger partial charge in [0.2, 0.25) is 0 Å². The molecular weight excluding hydrogens is 540 g/mol. The van der Waals surface area contributed by atoms with Crippen molar-refractivity contribution in [2.24, 2.45) is 23.7 Å². The summed E-state index contributed by atoms with van der Waals surface area (Å²) in [5, 5.41) is 3.75. The standard InChI is InChI=1S/C29H23ClN2O6S/c30-21-5-2-1-4-20(21)26(34)31(32-27(35)24-17-7-8-18(14-17)25(24)28(32)36)15-22(33)16-9-11-19(12-10-16)38-29(37)23-6-3-13-39-23/h1-6,9-13,17-18,24-25H,7-8,14-15H2/t17-,18-,24+,25+/m0/s1. The number of thiophene rings is 1. The van der Waals surface area contributed by atoms with Crippen LogP contribution in [0.15, 0.2) is 66.0 Å². The molecule has 4 atom stereocenters. The molecule has 3 amide bonds. The van der Waals surface area contributed by atoms with Gasteiger partial charge in [0.15, 0.2) is 5.78 Å². The normalized spacial score (nSPS) is 23.2. The van der Waals surface area contributed by atoms with Crippen molar-refractivity contribution in [3.63, 3.8) is 0 Å². The Hall–Kier alpha value is -3.82. The Bertz CT molecular complexity index is 1460. The summed E-state index contributed by atoms with van der Waals surface area (Å²) in [7, 11) is 0. The number of carbonyl (C=O) groups is 5. The molecule has 2 bridgehead atoms. The zero-order valence-electron chi connectivity index (χ0n) is 20.6. The average Bonchev–Trinajstić information content (AvgIpc) is 3.74. The lowest BCUT2D eigenvalue weighted by Crippen LogP contribution is -2.52. The van der Waals surface area contributed by atoms with E-state index in [0.29, 0.717) is 4.88 Å². The first kappa shape index (κ1) is 25.5. The van der Waals surface area contributed by atoms with Gasteiger partial charge in [-0.15, -0.1) is 11.3 Å². The van der Waals surface area contributed by atoms with Gasteiger partial charge in [0.25, 0.3) is 17.7 Å². The number of nitrogens with zero attached hydrogens (tertiary/aromatic N) is 2. The summed E-state index contributed by atoms with van der Waals surface area (Å²) in [4.78, 5) is 66.8. The van der Waals surface area contributed by atoms with E-state index in [9.17, 15) is 24.0 Å². The number of hydrazine groups is 1. The summed E-state index contributed by atoms with van der Waals surface area (Å²) in [6.07, 6.45) is 2.63. The number of carbonyl (C=O) groups excluding carboxylic acids is 5. The largest absolute Gasteiger partial charge is 0.422 e. The van der Waals surface area contributed by atoms with Crippen LogP contribution in [0.25, 0.3) is 0 Å². The van der Waals surface area contributed by atoms with Gasteiger partial charge in [-0.25, -0.2) is 9.80 Å². The van der Waals surface area contributed by atoms with Crippen LogP contribution >= 0.6 is 22.9 Å². The van der Waals surface area contributed by atoms with E-state index in [1.807, 2.05) is 0 Å². The second-order valence-electron chi connectivity index (χ2n) is 10.0. The van der Waals surface area contributed by atoms with E-state index in [1.54, 1.807) is 29.6 Å². The number of imide groups is 1. The molecule has 0 N–H and O–H groups in total. The summed E-state index contributed by atoms with van der Waals surface area (Å²) in [6.45, 7) is -0.537. The Kier molecular flexibility index (Phi) is 6.56. The Balaban J connectivity index is 1.26. The van der Waals surface area contributed by atoms with E-state index in [2.05, 4.69) is 0 Å². The number of halogens is 1. The van der Waals surface area contributed by atoms with Crippen molar-refractivity contribution in [2.45, 2.75) is 19.3 Å². The lowest BCUT2D eigenvalue weighted by molar-refractivity contribution is -0.155. The van der Waals surface area contributed by atoms with Crippen molar-refractivity contribution in [3.05, 3.63) is 87.1 Å². The number of ether oxygens (including phenoxy) is 1. The van der Waals surface area contributed by atoms with Crippen molar-refractivity contribution in [1.82, 2.24) is 10.0 Å². The Morgan fingerprint density at radius 1 is 0.923 bits per heavy atom. The second kappa shape index (κ2) is 10.1. The van der Waals surface area contributed by atoms with Crippen molar-refractivity contribution < 1.29 is 28.7 Å². The molecule has 0 radical (unpaired) electrons. The number of ketones is 1. The van der Waals surface area contributed by atoms with Gasteiger partial charge in [-0.05, 0) is 78.9 Å². The summed E-state index contributed by atoms with van der Waals surface area (Å²) >= 11 is 7.54. The SMILES string of the molecule is O=C(CN(C(=O)c1ccccc1Cl)N1C(=O)[C@@H]2[C@H]3CC[C@@H](C3)[C@H]2C1=O)c1ccc(OC(=O)c2cccs2)cc1. The van der Waals surface area contributed by atoms with Crippen molar-refractivity contribution in [1.29, 1.82) is 0 Å². The number of rotatable bonds is 7. The van der Waals surface area contributed by atoms with Crippen LogP contribution in [0.2, 0.25) is 5.02 Å². The molecule has 2 aromatic carbocycles. The summed E-state index contributed by atoms with van der Waals surface area (Å²) in [5.41, 5.74) is 0.311. The van der Waals surface area contributed by atoms with E-state index in [1.165, 1.54) is 47.7 Å². The monoisotopic (exact) mass is 562 g/mol. The van der Waals surface area contributed by atoms with Gasteiger partial charge in [0, 0.05) is 5.56 Å². The third kappa shape index (κ3) is 4.45. The molecule has 8 nitrogen and oxygen atoms in total. The van der Waals surface area contributed by atoms with E-state index in [4.69, 9.17) is 16.3 Å². The Labute approximate surface area is 233 Å². The van der Waals surface area contributed by atoms with Gasteiger partial charge in [0.05, 0.1) is 22.4 Å². The fourth-order valence-corrected chi connectivity index (χ4v) is 6.94. The molecular formula is C29H23ClN2O6S. The first-order valence-electron chi connectivity index (χ1n) is 12.7. The predicted molar refractivity (Wildman–Crippen MR) is 142 cm³/mol. The minimum Gasteiger partial charge on any atom is -0.422 e. The molecule has 2 saturated carbocycles. The van der Waals surface area contributed by atoms with Crippen LogP contribution in [0, 0.1) is 23.7 Å². The molecule has 1 aliphatic heterocycles. The zero-order chi connectivity index (χ0) is 27.3. The van der Waals surface area contributed by atoms with Crippen LogP contribution < -0.4 is 4.74 Å². The van der Waals surface area contributed by atoms with Crippen LogP contribution in [-0.2, 0) is 9.59 Å². The van der Waals surface area contributed by atoms with Crippen molar-refractivity contribution in [3.8, 4) is 5.75 Å². The molecule has 3 aliphatic rings. The minimum absolute atomic E-state index is 0.0865. The number of esters is 1. The maximum Gasteiger partial charge on any atom is 0.353 e. The average molecular weight is 563 g/mol.